The van der Waals surface area contributed by atoms with Gasteiger partial charge in [0.05, 0.1) is 17.4 Å². The van der Waals surface area contributed by atoms with Gasteiger partial charge in [-0.3, -0.25) is 9.78 Å². The lowest BCUT2D eigenvalue weighted by Gasteiger charge is -2.13. The smallest absolute Gasteiger partial charge is 0.257 e. The number of pyridine rings is 1. The molecule has 0 saturated heterocycles. The van der Waals surface area contributed by atoms with Gasteiger partial charge in [-0.1, -0.05) is 31.2 Å². The average Bonchev–Trinajstić information content (AvgIpc) is 2.74. The molecule has 30 heavy (non-hydrogen) atoms. The lowest BCUT2D eigenvalue weighted by molar-refractivity contribution is 0.102. The Bertz CT molecular complexity index is 1020. The summed E-state index contributed by atoms with van der Waals surface area (Å²) in [5.41, 5.74) is 3.95. The molecule has 1 atom stereocenters. The fourth-order valence-electron chi connectivity index (χ4n) is 3.20. The number of benzene rings is 2. The second kappa shape index (κ2) is 10.0. The van der Waals surface area contributed by atoms with Gasteiger partial charge in [-0.15, -0.1) is 0 Å². The van der Waals surface area contributed by atoms with Crippen molar-refractivity contribution >= 4 is 11.6 Å². The number of aryl methyl sites for hydroxylation is 2. The van der Waals surface area contributed by atoms with Crippen LogP contribution in [0.15, 0.2) is 60.7 Å². The van der Waals surface area contributed by atoms with E-state index >= 15 is 0 Å². The maximum absolute atomic E-state index is 12.8. The van der Waals surface area contributed by atoms with Crippen LogP contribution in [0.1, 0.15) is 41.2 Å². The maximum atomic E-state index is 12.8. The van der Waals surface area contributed by atoms with E-state index in [9.17, 15) is 4.79 Å². The first kappa shape index (κ1) is 21.5. The summed E-state index contributed by atoms with van der Waals surface area (Å²) in [6.45, 7) is 5.93. The van der Waals surface area contributed by atoms with Gasteiger partial charge in [0.15, 0.2) is 0 Å². The number of methoxy groups -OCH3 is 1. The van der Waals surface area contributed by atoms with Gasteiger partial charge in [-0.05, 0) is 56.2 Å². The van der Waals surface area contributed by atoms with E-state index in [4.69, 9.17) is 9.47 Å². The molecule has 5 nitrogen and oxygen atoms in total. The Hall–Kier alpha value is -3.18. The average molecular weight is 405 g/mol. The van der Waals surface area contributed by atoms with Crippen molar-refractivity contribution in [1.82, 2.24) is 4.98 Å². The van der Waals surface area contributed by atoms with Gasteiger partial charge < -0.3 is 14.8 Å². The Kier molecular flexibility index (Phi) is 7.20. The minimum Gasteiger partial charge on any atom is -0.457 e. The summed E-state index contributed by atoms with van der Waals surface area (Å²) in [6, 6.07) is 19.0. The number of aromatic nitrogens is 1. The molecule has 1 unspecified atom stereocenters. The summed E-state index contributed by atoms with van der Waals surface area (Å²) in [7, 11) is 1.68. The Morgan fingerprint density at radius 1 is 1.10 bits per heavy atom. The maximum Gasteiger partial charge on any atom is 0.257 e. The molecule has 0 aliphatic carbocycles. The molecule has 0 radical (unpaired) electrons. The predicted molar refractivity (Wildman–Crippen MR) is 119 cm³/mol. The first-order chi connectivity index (χ1) is 14.5. The van der Waals surface area contributed by atoms with E-state index in [1.165, 1.54) is 0 Å². The SMILES string of the molecule is CCc1ccccc1Oc1cccc(NC(=O)c2ccc(CC(C)OC)nc2C)c1. The Labute approximate surface area is 178 Å². The molecule has 1 amide bonds. The van der Waals surface area contributed by atoms with Gasteiger partial charge in [0, 0.05) is 31.0 Å². The van der Waals surface area contributed by atoms with Crippen molar-refractivity contribution in [2.75, 3.05) is 12.4 Å². The van der Waals surface area contributed by atoms with Gasteiger partial charge in [-0.2, -0.15) is 0 Å². The van der Waals surface area contributed by atoms with Crippen LogP contribution in [0.4, 0.5) is 5.69 Å². The van der Waals surface area contributed by atoms with Crippen molar-refractivity contribution < 1.29 is 14.3 Å². The number of carbonyl (C=O) groups is 1. The van der Waals surface area contributed by atoms with Crippen LogP contribution in [0.3, 0.4) is 0 Å². The van der Waals surface area contributed by atoms with Crippen LogP contribution in [-0.2, 0) is 17.6 Å². The molecule has 156 valence electrons. The molecule has 1 N–H and O–H groups in total. The number of hydrogen-bond donors (Lipinski definition) is 1. The normalized spacial score (nSPS) is 11.7. The summed E-state index contributed by atoms with van der Waals surface area (Å²) >= 11 is 0. The van der Waals surface area contributed by atoms with Crippen molar-refractivity contribution in [2.24, 2.45) is 0 Å². The number of hydrogen-bond acceptors (Lipinski definition) is 4. The quantitative estimate of drug-likeness (QED) is 0.533. The monoisotopic (exact) mass is 404 g/mol. The van der Waals surface area contributed by atoms with Crippen molar-refractivity contribution in [3.8, 4) is 11.5 Å². The van der Waals surface area contributed by atoms with E-state index in [0.29, 0.717) is 29.1 Å². The van der Waals surface area contributed by atoms with Crippen LogP contribution in [0.25, 0.3) is 0 Å². The molecule has 1 heterocycles. The highest BCUT2D eigenvalue weighted by molar-refractivity contribution is 6.05. The van der Waals surface area contributed by atoms with Crippen LogP contribution < -0.4 is 10.1 Å². The number of nitrogens with one attached hydrogen (secondary N) is 1. The summed E-state index contributed by atoms with van der Waals surface area (Å²) < 4.78 is 11.3. The third-order valence-electron chi connectivity index (χ3n) is 4.96. The van der Waals surface area contributed by atoms with Crippen LogP contribution >= 0.6 is 0 Å². The van der Waals surface area contributed by atoms with Gasteiger partial charge in [0.2, 0.25) is 0 Å². The fourth-order valence-corrected chi connectivity index (χ4v) is 3.20. The first-order valence-corrected chi connectivity index (χ1v) is 10.2. The molecule has 3 aromatic rings. The zero-order valence-corrected chi connectivity index (χ0v) is 17.9. The first-order valence-electron chi connectivity index (χ1n) is 10.2. The Morgan fingerprint density at radius 2 is 1.90 bits per heavy atom. The second-order valence-electron chi connectivity index (χ2n) is 7.23. The largest absolute Gasteiger partial charge is 0.457 e. The van der Waals surface area contributed by atoms with Crippen molar-refractivity contribution in [2.45, 2.75) is 39.7 Å². The number of ether oxygens (including phenoxy) is 2. The Balaban J connectivity index is 1.72. The Morgan fingerprint density at radius 3 is 2.63 bits per heavy atom. The van der Waals surface area contributed by atoms with E-state index in [1.54, 1.807) is 7.11 Å². The number of carbonyl (C=O) groups excluding carboxylic acids is 1. The number of nitrogens with zero attached hydrogens (tertiary/aromatic N) is 1. The minimum absolute atomic E-state index is 0.0807. The molecule has 2 aromatic carbocycles. The summed E-state index contributed by atoms with van der Waals surface area (Å²) in [5.74, 6) is 1.30. The second-order valence-corrected chi connectivity index (χ2v) is 7.23. The molecular formula is C25H28N2O3. The third-order valence-corrected chi connectivity index (χ3v) is 4.96. The number of amides is 1. The van der Waals surface area contributed by atoms with Crippen LogP contribution in [-0.4, -0.2) is 24.1 Å². The molecule has 0 aliphatic heterocycles. The van der Waals surface area contributed by atoms with Crippen LogP contribution in [0, 0.1) is 6.92 Å². The zero-order chi connectivity index (χ0) is 21.5. The van der Waals surface area contributed by atoms with E-state index < -0.39 is 0 Å². The highest BCUT2D eigenvalue weighted by Gasteiger charge is 2.13. The lowest BCUT2D eigenvalue weighted by Crippen LogP contribution is -2.16. The topological polar surface area (TPSA) is 60.5 Å². The van der Waals surface area contributed by atoms with Crippen molar-refractivity contribution in [3.05, 3.63) is 83.2 Å². The van der Waals surface area contributed by atoms with E-state index in [0.717, 1.165) is 23.4 Å². The minimum atomic E-state index is -0.197. The number of rotatable bonds is 8. The van der Waals surface area contributed by atoms with Crippen molar-refractivity contribution in [3.63, 3.8) is 0 Å². The van der Waals surface area contributed by atoms with E-state index in [-0.39, 0.29) is 12.0 Å². The van der Waals surface area contributed by atoms with Crippen molar-refractivity contribution in [1.29, 1.82) is 0 Å². The molecular weight excluding hydrogens is 376 g/mol. The molecule has 1 aromatic heterocycles. The lowest BCUT2D eigenvalue weighted by atomic mass is 10.1. The molecule has 0 fully saturated rings. The number of para-hydroxylation sites is 1. The fraction of sp³-hybridized carbons (Fsp3) is 0.280. The number of anilines is 1. The molecule has 3 rings (SSSR count). The predicted octanol–water partition coefficient (Wildman–Crippen LogP) is 5.57. The van der Waals surface area contributed by atoms with Gasteiger partial charge >= 0.3 is 0 Å². The van der Waals surface area contributed by atoms with E-state index in [1.807, 2.05) is 74.5 Å². The summed E-state index contributed by atoms with van der Waals surface area (Å²) in [4.78, 5) is 17.3. The molecule has 0 aliphatic rings. The molecule has 0 spiro atoms. The van der Waals surface area contributed by atoms with Crippen LogP contribution in [0.2, 0.25) is 0 Å². The summed E-state index contributed by atoms with van der Waals surface area (Å²) in [6.07, 6.45) is 1.67. The standard InChI is InChI=1S/C25H28N2O3/c1-5-19-9-6-7-12-24(19)30-22-11-8-10-20(16-22)27-25(28)23-14-13-21(26-18(23)3)15-17(2)29-4/h6-14,16-17H,5,15H2,1-4H3,(H,27,28). The zero-order valence-electron chi connectivity index (χ0n) is 17.9. The molecule has 0 bridgehead atoms. The third kappa shape index (κ3) is 5.45. The molecule has 5 heteroatoms. The summed E-state index contributed by atoms with van der Waals surface area (Å²) in [5, 5.41) is 2.94. The van der Waals surface area contributed by atoms with Gasteiger partial charge in [0.25, 0.3) is 5.91 Å². The van der Waals surface area contributed by atoms with Gasteiger partial charge in [0.1, 0.15) is 11.5 Å². The highest BCUT2D eigenvalue weighted by Crippen LogP contribution is 2.27. The molecule has 0 saturated carbocycles. The van der Waals surface area contributed by atoms with E-state index in [2.05, 4.69) is 17.2 Å². The van der Waals surface area contributed by atoms with Gasteiger partial charge in [-0.25, -0.2) is 0 Å². The highest BCUT2D eigenvalue weighted by atomic mass is 16.5. The van der Waals surface area contributed by atoms with Crippen LogP contribution in [0.5, 0.6) is 11.5 Å².